The fraction of sp³-hybridized carbons (Fsp3) is 0.200. The summed E-state index contributed by atoms with van der Waals surface area (Å²) in [6, 6.07) is 5.37. The van der Waals surface area contributed by atoms with E-state index in [1.807, 2.05) is 7.05 Å². The largest absolute Gasteiger partial charge is 0.375 e. The zero-order valence-corrected chi connectivity index (χ0v) is 10.1. The summed E-state index contributed by atoms with van der Waals surface area (Å²) < 4.78 is 1.69. The molecule has 0 bridgehead atoms. The van der Waals surface area contributed by atoms with E-state index in [2.05, 4.69) is 15.4 Å². The summed E-state index contributed by atoms with van der Waals surface area (Å²) in [6.45, 7) is 0.528. The van der Waals surface area contributed by atoms with Gasteiger partial charge in [0.15, 0.2) is 0 Å². The molecule has 0 saturated carbocycles. The third-order valence-electron chi connectivity index (χ3n) is 2.19. The number of halogens is 2. The average Bonchev–Trinajstić information content (AvgIpc) is 2.64. The van der Waals surface area contributed by atoms with Gasteiger partial charge in [-0.3, -0.25) is 4.68 Å². The first-order chi connectivity index (χ1) is 7.68. The summed E-state index contributed by atoms with van der Waals surface area (Å²) in [6.07, 6.45) is 1.51. The zero-order valence-electron chi connectivity index (χ0n) is 8.61. The molecule has 2 aromatic rings. The number of aromatic nitrogens is 3. The van der Waals surface area contributed by atoms with E-state index in [9.17, 15) is 0 Å². The number of aryl methyl sites for hydroxylation is 1. The molecule has 0 radical (unpaired) electrons. The van der Waals surface area contributed by atoms with Gasteiger partial charge in [-0.2, -0.15) is 5.10 Å². The first-order valence-electron chi connectivity index (χ1n) is 4.69. The minimum absolute atomic E-state index is 0.528. The number of anilines is 1. The Kier molecular flexibility index (Phi) is 3.31. The standard InChI is InChI=1S/C10H10Cl2N4/c1-16-9(14-6-15-16)5-13-10-7(11)3-2-4-8(10)12/h2-4,6,13H,5H2,1H3. The molecule has 0 unspecified atom stereocenters. The van der Waals surface area contributed by atoms with Crippen LogP contribution in [0.25, 0.3) is 0 Å². The summed E-state index contributed by atoms with van der Waals surface area (Å²) in [4.78, 5) is 4.09. The molecule has 6 heteroatoms. The van der Waals surface area contributed by atoms with Crippen molar-refractivity contribution in [2.24, 2.45) is 7.05 Å². The highest BCUT2D eigenvalue weighted by molar-refractivity contribution is 6.39. The summed E-state index contributed by atoms with van der Waals surface area (Å²) in [5.41, 5.74) is 0.717. The maximum atomic E-state index is 6.02. The molecule has 84 valence electrons. The topological polar surface area (TPSA) is 42.7 Å². The van der Waals surface area contributed by atoms with Gasteiger partial charge in [0.25, 0.3) is 0 Å². The van der Waals surface area contributed by atoms with E-state index in [-0.39, 0.29) is 0 Å². The second kappa shape index (κ2) is 4.72. The fourth-order valence-corrected chi connectivity index (χ4v) is 1.85. The normalized spacial score (nSPS) is 10.4. The third kappa shape index (κ3) is 2.28. The van der Waals surface area contributed by atoms with Crippen LogP contribution in [0.5, 0.6) is 0 Å². The molecule has 0 atom stereocenters. The van der Waals surface area contributed by atoms with Crippen LogP contribution in [0.15, 0.2) is 24.5 Å². The van der Waals surface area contributed by atoms with Crippen molar-refractivity contribution in [2.45, 2.75) is 6.54 Å². The maximum Gasteiger partial charge on any atom is 0.145 e. The zero-order chi connectivity index (χ0) is 11.5. The molecule has 4 nitrogen and oxygen atoms in total. The van der Waals surface area contributed by atoms with Crippen molar-refractivity contribution >= 4 is 28.9 Å². The number of rotatable bonds is 3. The average molecular weight is 257 g/mol. The Morgan fingerprint density at radius 2 is 2.00 bits per heavy atom. The SMILES string of the molecule is Cn1ncnc1CNc1c(Cl)cccc1Cl. The monoisotopic (exact) mass is 256 g/mol. The van der Waals surface area contributed by atoms with E-state index in [1.165, 1.54) is 6.33 Å². The van der Waals surface area contributed by atoms with Crippen LogP contribution >= 0.6 is 23.2 Å². The van der Waals surface area contributed by atoms with Gasteiger partial charge in [-0.15, -0.1) is 0 Å². The van der Waals surface area contributed by atoms with Gasteiger partial charge in [-0.1, -0.05) is 29.3 Å². The van der Waals surface area contributed by atoms with Crippen LogP contribution in [0, 0.1) is 0 Å². The van der Waals surface area contributed by atoms with Crippen molar-refractivity contribution in [2.75, 3.05) is 5.32 Å². The molecule has 16 heavy (non-hydrogen) atoms. The minimum Gasteiger partial charge on any atom is -0.375 e. The number of para-hydroxylation sites is 1. The van der Waals surface area contributed by atoms with E-state index in [0.717, 1.165) is 5.82 Å². The molecule has 0 aliphatic heterocycles. The predicted octanol–water partition coefficient (Wildman–Crippen LogP) is 2.73. The highest BCUT2D eigenvalue weighted by atomic mass is 35.5. The Bertz CT molecular complexity index is 475. The lowest BCUT2D eigenvalue weighted by atomic mass is 10.3. The Labute approximate surface area is 103 Å². The molecule has 0 spiro atoms. The fourth-order valence-electron chi connectivity index (χ4n) is 1.31. The third-order valence-corrected chi connectivity index (χ3v) is 2.82. The van der Waals surface area contributed by atoms with Gasteiger partial charge in [0.2, 0.25) is 0 Å². The highest BCUT2D eigenvalue weighted by Crippen LogP contribution is 2.29. The number of nitrogens with zero attached hydrogens (tertiary/aromatic N) is 3. The molecule has 2 rings (SSSR count). The Balaban J connectivity index is 2.14. The molecule has 1 aromatic heterocycles. The van der Waals surface area contributed by atoms with Gasteiger partial charge in [0.05, 0.1) is 22.3 Å². The summed E-state index contributed by atoms with van der Waals surface area (Å²) in [5.74, 6) is 0.816. The van der Waals surface area contributed by atoms with E-state index >= 15 is 0 Å². The molecule has 1 heterocycles. The Morgan fingerprint density at radius 1 is 1.31 bits per heavy atom. The van der Waals surface area contributed by atoms with E-state index in [0.29, 0.717) is 22.3 Å². The van der Waals surface area contributed by atoms with Crippen LogP contribution < -0.4 is 5.32 Å². The van der Waals surface area contributed by atoms with Gasteiger partial charge in [-0.25, -0.2) is 4.98 Å². The first-order valence-corrected chi connectivity index (χ1v) is 5.45. The lowest BCUT2D eigenvalue weighted by Gasteiger charge is -2.09. The smallest absolute Gasteiger partial charge is 0.145 e. The second-order valence-corrected chi connectivity index (χ2v) is 4.06. The molecular formula is C10H10Cl2N4. The van der Waals surface area contributed by atoms with Crippen LogP contribution in [-0.4, -0.2) is 14.8 Å². The molecule has 1 aromatic carbocycles. The van der Waals surface area contributed by atoms with Gasteiger partial charge in [0.1, 0.15) is 12.2 Å². The van der Waals surface area contributed by atoms with Crippen molar-refractivity contribution in [1.82, 2.24) is 14.8 Å². The molecule has 0 amide bonds. The molecule has 0 aliphatic carbocycles. The molecule has 1 N–H and O–H groups in total. The summed E-state index contributed by atoms with van der Waals surface area (Å²) in [5, 5.41) is 8.30. The maximum absolute atomic E-state index is 6.02. The summed E-state index contributed by atoms with van der Waals surface area (Å²) >= 11 is 12.0. The number of hydrogen-bond donors (Lipinski definition) is 1. The first kappa shape index (κ1) is 11.2. The second-order valence-electron chi connectivity index (χ2n) is 3.25. The number of nitrogens with one attached hydrogen (secondary N) is 1. The van der Waals surface area contributed by atoms with E-state index in [1.54, 1.807) is 22.9 Å². The number of benzene rings is 1. The van der Waals surface area contributed by atoms with Gasteiger partial charge < -0.3 is 5.32 Å². The molecule has 0 aliphatic rings. The lowest BCUT2D eigenvalue weighted by molar-refractivity contribution is 0.712. The summed E-state index contributed by atoms with van der Waals surface area (Å²) in [7, 11) is 1.83. The molecule has 0 saturated heterocycles. The van der Waals surface area contributed by atoms with Crippen molar-refractivity contribution in [3.63, 3.8) is 0 Å². The van der Waals surface area contributed by atoms with Gasteiger partial charge in [0, 0.05) is 7.05 Å². The van der Waals surface area contributed by atoms with Gasteiger partial charge in [-0.05, 0) is 12.1 Å². The highest BCUT2D eigenvalue weighted by Gasteiger charge is 2.06. The van der Waals surface area contributed by atoms with E-state index < -0.39 is 0 Å². The molecule has 0 fully saturated rings. The van der Waals surface area contributed by atoms with Crippen molar-refractivity contribution in [3.8, 4) is 0 Å². The van der Waals surface area contributed by atoms with Gasteiger partial charge >= 0.3 is 0 Å². The minimum atomic E-state index is 0.528. The Morgan fingerprint density at radius 3 is 2.56 bits per heavy atom. The van der Waals surface area contributed by atoms with Crippen LogP contribution in [0.2, 0.25) is 10.0 Å². The molecular weight excluding hydrogens is 247 g/mol. The van der Waals surface area contributed by atoms with Crippen molar-refractivity contribution in [1.29, 1.82) is 0 Å². The van der Waals surface area contributed by atoms with Crippen LogP contribution in [0.3, 0.4) is 0 Å². The van der Waals surface area contributed by atoms with E-state index in [4.69, 9.17) is 23.2 Å². The lowest BCUT2D eigenvalue weighted by Crippen LogP contribution is -2.07. The Hall–Kier alpha value is -1.26. The van der Waals surface area contributed by atoms with Crippen molar-refractivity contribution < 1.29 is 0 Å². The van der Waals surface area contributed by atoms with Crippen LogP contribution in [0.1, 0.15) is 5.82 Å². The number of hydrogen-bond acceptors (Lipinski definition) is 3. The van der Waals surface area contributed by atoms with Crippen molar-refractivity contribution in [3.05, 3.63) is 40.4 Å². The predicted molar refractivity (Wildman–Crippen MR) is 64.8 cm³/mol. The van der Waals surface area contributed by atoms with Crippen LogP contribution in [0.4, 0.5) is 5.69 Å². The quantitative estimate of drug-likeness (QED) is 0.919. The van der Waals surface area contributed by atoms with Crippen LogP contribution in [-0.2, 0) is 13.6 Å².